The number of carbonyl (C=O) groups excluding carboxylic acids is 2. The highest BCUT2D eigenvalue weighted by molar-refractivity contribution is 7.15. The van der Waals surface area contributed by atoms with E-state index >= 15 is 0 Å². The molecule has 0 saturated heterocycles. The molecule has 26 heavy (non-hydrogen) atoms. The second-order valence-electron chi connectivity index (χ2n) is 6.37. The normalized spacial score (nSPS) is 17.1. The molecular formula is C19H22N2O4S. The maximum atomic E-state index is 12.4. The van der Waals surface area contributed by atoms with Crippen LogP contribution in [0.4, 0.5) is 5.13 Å². The van der Waals surface area contributed by atoms with Gasteiger partial charge in [-0.25, -0.2) is 4.98 Å². The van der Waals surface area contributed by atoms with Gasteiger partial charge in [-0.05, 0) is 25.0 Å². The number of esters is 1. The maximum absolute atomic E-state index is 12.4. The van der Waals surface area contributed by atoms with Gasteiger partial charge in [0.15, 0.2) is 5.13 Å². The smallest absolute Gasteiger partial charge is 0.309 e. The number of fused-ring (bicyclic) bond motifs is 1. The number of nitrogens with one attached hydrogen (secondary N) is 1. The topological polar surface area (TPSA) is 77.5 Å². The van der Waals surface area contributed by atoms with Gasteiger partial charge in [-0.2, -0.15) is 0 Å². The summed E-state index contributed by atoms with van der Waals surface area (Å²) in [7, 11) is 1.41. The molecule has 0 radical (unpaired) electrons. The summed E-state index contributed by atoms with van der Waals surface area (Å²) in [6, 6.07) is 9.41. The fourth-order valence-electron chi connectivity index (χ4n) is 2.84. The highest BCUT2D eigenvalue weighted by atomic mass is 32.1. The Morgan fingerprint density at radius 1 is 1.35 bits per heavy atom. The Kier molecular flexibility index (Phi) is 5.88. The highest BCUT2D eigenvalue weighted by Crippen LogP contribution is 2.32. The number of aryl methyl sites for hydroxylation is 1. The predicted octanol–water partition coefficient (Wildman–Crippen LogP) is 3.07. The number of carbonyl (C=O) groups is 2. The van der Waals surface area contributed by atoms with Crippen molar-refractivity contribution in [2.75, 3.05) is 19.0 Å². The molecule has 0 saturated carbocycles. The van der Waals surface area contributed by atoms with E-state index in [1.165, 1.54) is 18.4 Å². The lowest BCUT2D eigenvalue weighted by Crippen LogP contribution is -2.25. The van der Waals surface area contributed by atoms with Crippen molar-refractivity contribution in [3.63, 3.8) is 0 Å². The molecule has 2 atom stereocenters. The lowest BCUT2D eigenvalue weighted by Gasteiger charge is -2.18. The quantitative estimate of drug-likeness (QED) is 0.786. The third-order valence-electron chi connectivity index (χ3n) is 4.39. The zero-order chi connectivity index (χ0) is 18.5. The molecule has 3 rings (SSSR count). The molecule has 7 heteroatoms. The van der Waals surface area contributed by atoms with Crippen LogP contribution >= 0.6 is 11.3 Å². The first-order valence-corrected chi connectivity index (χ1v) is 9.43. The molecule has 1 aromatic carbocycles. The summed E-state index contributed by atoms with van der Waals surface area (Å²) in [5, 5.41) is 3.45. The summed E-state index contributed by atoms with van der Waals surface area (Å²) in [6.07, 6.45) is 2.12. The number of anilines is 1. The summed E-state index contributed by atoms with van der Waals surface area (Å²) in [5.41, 5.74) is 0.889. The second kappa shape index (κ2) is 8.31. The fourth-order valence-corrected chi connectivity index (χ4v) is 3.85. The first kappa shape index (κ1) is 18.4. The number of ether oxygens (including phenoxy) is 2. The standard InChI is InChI=1S/C19H22N2O4S/c1-12(11-25-14-6-4-3-5-7-14)17(22)21-19-20-15-10-13(18(23)24-2)8-9-16(15)26-19/h3-7,12-13H,8-11H2,1-2H3,(H,20,21,22). The number of hydrogen-bond acceptors (Lipinski definition) is 6. The minimum Gasteiger partial charge on any atom is -0.493 e. The zero-order valence-corrected chi connectivity index (χ0v) is 15.7. The van der Waals surface area contributed by atoms with Crippen molar-refractivity contribution in [1.29, 1.82) is 0 Å². The van der Waals surface area contributed by atoms with E-state index in [1.807, 2.05) is 37.3 Å². The van der Waals surface area contributed by atoms with Crippen molar-refractivity contribution >= 4 is 28.3 Å². The third-order valence-corrected chi connectivity index (χ3v) is 5.47. The molecule has 1 aliphatic rings. The van der Waals surface area contributed by atoms with E-state index in [0.29, 0.717) is 18.2 Å². The third kappa shape index (κ3) is 4.40. The number of hydrogen-bond donors (Lipinski definition) is 1. The van der Waals surface area contributed by atoms with E-state index in [1.54, 1.807) is 0 Å². The van der Waals surface area contributed by atoms with Crippen molar-refractivity contribution in [2.45, 2.75) is 26.2 Å². The maximum Gasteiger partial charge on any atom is 0.309 e. The van der Waals surface area contributed by atoms with Crippen molar-refractivity contribution in [3.8, 4) is 5.75 Å². The van der Waals surface area contributed by atoms with Gasteiger partial charge in [-0.1, -0.05) is 25.1 Å². The molecule has 0 bridgehead atoms. The molecule has 1 aromatic heterocycles. The minimum absolute atomic E-state index is 0.128. The van der Waals surface area contributed by atoms with Crippen molar-refractivity contribution in [2.24, 2.45) is 11.8 Å². The van der Waals surface area contributed by atoms with Crippen LogP contribution in [0.3, 0.4) is 0 Å². The number of para-hydroxylation sites is 1. The van der Waals surface area contributed by atoms with Crippen LogP contribution in [0.5, 0.6) is 5.75 Å². The molecule has 1 aliphatic carbocycles. The monoisotopic (exact) mass is 374 g/mol. The van der Waals surface area contributed by atoms with Crippen LogP contribution in [-0.2, 0) is 27.2 Å². The van der Waals surface area contributed by atoms with Crippen LogP contribution in [0.25, 0.3) is 0 Å². The lowest BCUT2D eigenvalue weighted by atomic mass is 9.91. The molecule has 0 fully saturated rings. The highest BCUT2D eigenvalue weighted by Gasteiger charge is 2.28. The summed E-state index contributed by atoms with van der Waals surface area (Å²) in [5.74, 6) is -0.0292. The van der Waals surface area contributed by atoms with Crippen LogP contribution in [-0.4, -0.2) is 30.6 Å². The van der Waals surface area contributed by atoms with E-state index in [9.17, 15) is 9.59 Å². The number of methoxy groups -OCH3 is 1. The molecule has 0 aliphatic heterocycles. The molecule has 6 nitrogen and oxygen atoms in total. The number of amides is 1. The van der Waals surface area contributed by atoms with Gasteiger partial charge in [0, 0.05) is 11.3 Å². The molecular weight excluding hydrogens is 352 g/mol. The van der Waals surface area contributed by atoms with Gasteiger partial charge < -0.3 is 14.8 Å². The molecule has 1 amide bonds. The Balaban J connectivity index is 1.55. The molecule has 138 valence electrons. The average Bonchev–Trinajstić information content (AvgIpc) is 3.07. The lowest BCUT2D eigenvalue weighted by molar-refractivity contribution is -0.145. The van der Waals surface area contributed by atoms with Gasteiger partial charge in [0.1, 0.15) is 5.75 Å². The van der Waals surface area contributed by atoms with Gasteiger partial charge in [0.25, 0.3) is 0 Å². The SMILES string of the molecule is COC(=O)C1CCc2sc(NC(=O)C(C)COc3ccccc3)nc2C1. The molecule has 1 N–H and O–H groups in total. The summed E-state index contributed by atoms with van der Waals surface area (Å²) >= 11 is 1.48. The number of benzene rings is 1. The summed E-state index contributed by atoms with van der Waals surface area (Å²) in [6.45, 7) is 2.12. The van der Waals surface area contributed by atoms with Crippen LogP contribution in [0, 0.1) is 11.8 Å². The van der Waals surface area contributed by atoms with E-state index in [0.717, 1.165) is 29.2 Å². The van der Waals surface area contributed by atoms with E-state index in [-0.39, 0.29) is 23.7 Å². The Morgan fingerprint density at radius 3 is 2.85 bits per heavy atom. The zero-order valence-electron chi connectivity index (χ0n) is 14.9. The largest absolute Gasteiger partial charge is 0.493 e. The Morgan fingerprint density at radius 2 is 2.12 bits per heavy atom. The molecule has 1 heterocycles. The first-order valence-electron chi connectivity index (χ1n) is 8.62. The van der Waals surface area contributed by atoms with Gasteiger partial charge in [-0.15, -0.1) is 11.3 Å². The second-order valence-corrected chi connectivity index (χ2v) is 7.45. The van der Waals surface area contributed by atoms with Crippen molar-refractivity contribution in [1.82, 2.24) is 4.98 Å². The van der Waals surface area contributed by atoms with E-state index in [4.69, 9.17) is 9.47 Å². The number of rotatable bonds is 6. The van der Waals surface area contributed by atoms with Gasteiger partial charge >= 0.3 is 5.97 Å². The Hall–Kier alpha value is -2.41. The van der Waals surface area contributed by atoms with Crippen LogP contribution in [0.15, 0.2) is 30.3 Å². The Bertz CT molecular complexity index is 775. The number of thiazole rings is 1. The van der Waals surface area contributed by atoms with Gasteiger partial charge in [-0.3, -0.25) is 9.59 Å². The van der Waals surface area contributed by atoms with Crippen LogP contribution in [0.1, 0.15) is 23.9 Å². The molecule has 2 aromatic rings. The van der Waals surface area contributed by atoms with Crippen molar-refractivity contribution in [3.05, 3.63) is 40.9 Å². The molecule has 0 spiro atoms. The van der Waals surface area contributed by atoms with E-state index in [2.05, 4.69) is 10.3 Å². The minimum atomic E-state index is -0.307. The van der Waals surface area contributed by atoms with Gasteiger partial charge in [0.05, 0.1) is 31.2 Å². The summed E-state index contributed by atoms with van der Waals surface area (Å²) < 4.78 is 10.5. The average molecular weight is 374 g/mol. The molecule has 2 unspecified atom stereocenters. The predicted molar refractivity (Wildman–Crippen MR) is 99.4 cm³/mol. The summed E-state index contributed by atoms with van der Waals surface area (Å²) in [4.78, 5) is 29.7. The van der Waals surface area contributed by atoms with Gasteiger partial charge in [0.2, 0.25) is 5.91 Å². The fraction of sp³-hybridized carbons (Fsp3) is 0.421. The van der Waals surface area contributed by atoms with Crippen LogP contribution in [0.2, 0.25) is 0 Å². The number of nitrogens with zero attached hydrogens (tertiary/aromatic N) is 1. The van der Waals surface area contributed by atoms with Crippen molar-refractivity contribution < 1.29 is 19.1 Å². The van der Waals surface area contributed by atoms with Crippen LogP contribution < -0.4 is 10.1 Å². The van der Waals surface area contributed by atoms with E-state index < -0.39 is 0 Å². The Labute approximate surface area is 156 Å². The number of aromatic nitrogens is 1. The first-order chi connectivity index (χ1) is 12.6.